The Labute approximate surface area is 120 Å². The number of rotatable bonds is 5. The number of ether oxygens (including phenoxy) is 1. The summed E-state index contributed by atoms with van der Waals surface area (Å²) in [6, 6.07) is 4.30. The fourth-order valence-corrected chi connectivity index (χ4v) is 2.36. The molecule has 0 spiro atoms. The molecule has 2 rings (SSSR count). The summed E-state index contributed by atoms with van der Waals surface area (Å²) < 4.78 is 19.0. The van der Waals surface area contributed by atoms with Crippen LogP contribution in [-0.4, -0.2) is 56.2 Å². The second kappa shape index (κ2) is 7.02. The van der Waals surface area contributed by atoms with Gasteiger partial charge in [0.05, 0.1) is 0 Å². The van der Waals surface area contributed by atoms with Gasteiger partial charge in [0, 0.05) is 44.3 Å². The van der Waals surface area contributed by atoms with Gasteiger partial charge >= 0.3 is 0 Å². The van der Waals surface area contributed by atoms with E-state index >= 15 is 0 Å². The van der Waals surface area contributed by atoms with Crippen molar-refractivity contribution in [3.05, 3.63) is 29.6 Å². The van der Waals surface area contributed by atoms with Gasteiger partial charge in [0.15, 0.2) is 0 Å². The molecule has 1 aromatic carbocycles. The maximum Gasteiger partial charge on any atom is 0.124 e. The Hall–Kier alpha value is -1.17. The van der Waals surface area contributed by atoms with Gasteiger partial charge in [-0.15, -0.1) is 0 Å². The van der Waals surface area contributed by atoms with Crippen LogP contribution in [0.1, 0.15) is 18.5 Å². The number of piperazine rings is 1. The minimum absolute atomic E-state index is 0.232. The highest BCUT2D eigenvalue weighted by Crippen LogP contribution is 2.24. The lowest BCUT2D eigenvalue weighted by Gasteiger charge is -2.32. The topological polar surface area (TPSA) is 41.7 Å². The van der Waals surface area contributed by atoms with Crippen LogP contribution in [0.4, 0.5) is 4.39 Å². The van der Waals surface area contributed by atoms with E-state index in [1.165, 1.54) is 12.1 Å². The van der Waals surface area contributed by atoms with Crippen molar-refractivity contribution in [1.29, 1.82) is 0 Å². The Morgan fingerprint density at radius 3 is 2.65 bits per heavy atom. The summed E-state index contributed by atoms with van der Waals surface area (Å²) >= 11 is 0. The van der Waals surface area contributed by atoms with Crippen molar-refractivity contribution in [3.8, 4) is 5.75 Å². The molecule has 0 unspecified atom stereocenters. The maximum atomic E-state index is 13.2. The number of hydrogen-bond donors (Lipinski definition) is 1. The number of nitrogens with zero attached hydrogens (tertiary/aromatic N) is 2. The third-order valence-corrected chi connectivity index (χ3v) is 3.72. The van der Waals surface area contributed by atoms with Crippen molar-refractivity contribution in [2.24, 2.45) is 5.73 Å². The molecule has 0 saturated carbocycles. The summed E-state index contributed by atoms with van der Waals surface area (Å²) in [6.07, 6.45) is 0. The molecule has 1 aliphatic rings. The van der Waals surface area contributed by atoms with Crippen molar-refractivity contribution in [1.82, 2.24) is 9.80 Å². The van der Waals surface area contributed by atoms with Crippen molar-refractivity contribution in [3.63, 3.8) is 0 Å². The molecule has 2 N–H and O–H groups in total. The first kappa shape index (κ1) is 15.2. The van der Waals surface area contributed by atoms with Gasteiger partial charge in [-0.1, -0.05) is 0 Å². The predicted octanol–water partition coefficient (Wildman–Crippen LogP) is 1.47. The first-order valence-electron chi connectivity index (χ1n) is 7.15. The van der Waals surface area contributed by atoms with Gasteiger partial charge in [-0.3, -0.25) is 4.90 Å². The quantitative estimate of drug-likeness (QED) is 0.887. The summed E-state index contributed by atoms with van der Waals surface area (Å²) in [7, 11) is 2.14. The van der Waals surface area contributed by atoms with Crippen LogP contribution >= 0.6 is 0 Å². The van der Waals surface area contributed by atoms with E-state index in [2.05, 4.69) is 16.8 Å². The zero-order valence-electron chi connectivity index (χ0n) is 12.3. The summed E-state index contributed by atoms with van der Waals surface area (Å²) in [4.78, 5) is 4.71. The molecule has 1 saturated heterocycles. The van der Waals surface area contributed by atoms with E-state index < -0.39 is 0 Å². The molecule has 5 heteroatoms. The summed E-state index contributed by atoms with van der Waals surface area (Å²) in [5.41, 5.74) is 6.58. The molecule has 0 aliphatic carbocycles. The van der Waals surface area contributed by atoms with Crippen molar-refractivity contribution in [2.75, 3.05) is 46.4 Å². The van der Waals surface area contributed by atoms with Crippen LogP contribution in [0.15, 0.2) is 18.2 Å². The number of likely N-dealkylation sites (N-methyl/N-ethyl adjacent to an activating group) is 1. The van der Waals surface area contributed by atoms with Crippen molar-refractivity contribution >= 4 is 0 Å². The standard InChI is InChI=1S/C15H24FN3O/c1-12(17)14-11-13(16)3-4-15(14)20-10-9-19-7-5-18(2)6-8-19/h3-4,11-12H,5-10,17H2,1-2H3/t12-/m1/s1. The van der Waals surface area contributed by atoms with Crippen LogP contribution in [-0.2, 0) is 0 Å². The lowest BCUT2D eigenvalue weighted by molar-refractivity contribution is 0.133. The average molecular weight is 281 g/mol. The smallest absolute Gasteiger partial charge is 0.124 e. The van der Waals surface area contributed by atoms with E-state index in [0.29, 0.717) is 12.4 Å². The van der Waals surface area contributed by atoms with E-state index in [0.717, 1.165) is 38.3 Å². The van der Waals surface area contributed by atoms with Crippen LogP contribution < -0.4 is 10.5 Å². The molecule has 0 aromatic heterocycles. The zero-order valence-corrected chi connectivity index (χ0v) is 12.3. The highest BCUT2D eigenvalue weighted by atomic mass is 19.1. The van der Waals surface area contributed by atoms with Gasteiger partial charge in [-0.05, 0) is 32.2 Å². The number of halogens is 1. The molecule has 20 heavy (non-hydrogen) atoms. The number of hydrogen-bond acceptors (Lipinski definition) is 4. The van der Waals surface area contributed by atoms with Gasteiger partial charge in [0.25, 0.3) is 0 Å². The van der Waals surface area contributed by atoms with E-state index in [1.54, 1.807) is 6.07 Å². The Bertz CT molecular complexity index is 431. The van der Waals surface area contributed by atoms with Crippen LogP contribution in [0, 0.1) is 5.82 Å². The lowest BCUT2D eigenvalue weighted by Crippen LogP contribution is -2.45. The molecule has 0 radical (unpaired) electrons. The summed E-state index contributed by atoms with van der Waals surface area (Å²) in [5.74, 6) is 0.416. The lowest BCUT2D eigenvalue weighted by atomic mass is 10.1. The van der Waals surface area contributed by atoms with Gasteiger partial charge in [0.1, 0.15) is 18.2 Å². The van der Waals surface area contributed by atoms with Gasteiger partial charge in [0.2, 0.25) is 0 Å². The third kappa shape index (κ3) is 4.16. The van der Waals surface area contributed by atoms with Crippen LogP contribution in [0.5, 0.6) is 5.75 Å². The molecule has 0 bridgehead atoms. The molecule has 4 nitrogen and oxygen atoms in total. The van der Waals surface area contributed by atoms with Crippen LogP contribution in [0.25, 0.3) is 0 Å². The molecule has 1 aliphatic heterocycles. The minimum atomic E-state index is -0.274. The minimum Gasteiger partial charge on any atom is -0.492 e. The highest BCUT2D eigenvalue weighted by Gasteiger charge is 2.14. The first-order valence-corrected chi connectivity index (χ1v) is 7.15. The average Bonchev–Trinajstić information content (AvgIpc) is 2.42. The first-order chi connectivity index (χ1) is 9.56. The van der Waals surface area contributed by atoms with Crippen LogP contribution in [0.3, 0.4) is 0 Å². The van der Waals surface area contributed by atoms with Gasteiger partial charge < -0.3 is 15.4 Å². The second-order valence-electron chi connectivity index (χ2n) is 5.46. The molecule has 1 fully saturated rings. The van der Waals surface area contributed by atoms with Gasteiger partial charge in [-0.2, -0.15) is 0 Å². The summed E-state index contributed by atoms with van der Waals surface area (Å²) in [5, 5.41) is 0. The monoisotopic (exact) mass is 281 g/mol. The second-order valence-corrected chi connectivity index (χ2v) is 5.46. The fraction of sp³-hybridized carbons (Fsp3) is 0.600. The molecular weight excluding hydrogens is 257 g/mol. The van der Waals surface area contributed by atoms with Gasteiger partial charge in [-0.25, -0.2) is 4.39 Å². The fourth-order valence-electron chi connectivity index (χ4n) is 2.36. The molecule has 1 atom stereocenters. The largest absolute Gasteiger partial charge is 0.492 e. The van der Waals surface area contributed by atoms with E-state index in [-0.39, 0.29) is 11.9 Å². The van der Waals surface area contributed by atoms with Crippen molar-refractivity contribution < 1.29 is 9.13 Å². The van der Waals surface area contributed by atoms with Crippen LogP contribution in [0.2, 0.25) is 0 Å². The number of nitrogens with two attached hydrogens (primary N) is 1. The van der Waals surface area contributed by atoms with E-state index in [1.807, 2.05) is 6.92 Å². The normalized spacial score (nSPS) is 19.0. The molecule has 112 valence electrons. The SMILES string of the molecule is C[C@@H](N)c1cc(F)ccc1OCCN1CCN(C)CC1. The molecule has 1 aromatic rings. The Kier molecular flexibility index (Phi) is 5.34. The van der Waals surface area contributed by atoms with Crippen molar-refractivity contribution in [2.45, 2.75) is 13.0 Å². The molecule has 1 heterocycles. The Morgan fingerprint density at radius 2 is 2.00 bits per heavy atom. The molecule has 0 amide bonds. The Morgan fingerprint density at radius 1 is 1.30 bits per heavy atom. The Balaban J connectivity index is 1.85. The zero-order chi connectivity index (χ0) is 14.5. The maximum absolute atomic E-state index is 13.2. The number of benzene rings is 1. The summed E-state index contributed by atoms with van der Waals surface area (Å²) in [6.45, 7) is 7.68. The van der Waals surface area contributed by atoms with E-state index in [4.69, 9.17) is 10.5 Å². The molecular formula is C15H24FN3O. The third-order valence-electron chi connectivity index (χ3n) is 3.72. The predicted molar refractivity (Wildman–Crippen MR) is 78.4 cm³/mol. The van der Waals surface area contributed by atoms with E-state index in [9.17, 15) is 4.39 Å². The highest BCUT2D eigenvalue weighted by molar-refractivity contribution is 5.36.